The van der Waals surface area contributed by atoms with Crippen LogP contribution in [0.5, 0.6) is 0 Å². The van der Waals surface area contributed by atoms with E-state index in [0.717, 1.165) is 23.1 Å². The minimum atomic E-state index is -0.747. The summed E-state index contributed by atoms with van der Waals surface area (Å²) in [5.74, 6) is -0.747. The number of fused-ring (bicyclic) bond motifs is 1. The van der Waals surface area contributed by atoms with Crippen molar-refractivity contribution in [3.8, 4) is 0 Å². The lowest BCUT2D eigenvalue weighted by Gasteiger charge is -2.24. The largest absolute Gasteiger partial charge is 0.481 e. The zero-order valence-corrected chi connectivity index (χ0v) is 11.2. The fraction of sp³-hybridized carbons (Fsp3) is 0.429. The fourth-order valence-corrected chi connectivity index (χ4v) is 2.25. The number of carbonyl (C=O) groups is 1. The van der Waals surface area contributed by atoms with Crippen LogP contribution in [0.15, 0.2) is 29.0 Å². The molecule has 2 aromatic rings. The lowest BCUT2D eigenvalue weighted by Crippen LogP contribution is -2.20. The number of aromatic nitrogens is 1. The zero-order valence-electron chi connectivity index (χ0n) is 11.2. The van der Waals surface area contributed by atoms with Crippen molar-refractivity contribution in [3.05, 3.63) is 30.2 Å². The molecule has 1 atom stereocenters. The van der Waals surface area contributed by atoms with Gasteiger partial charge in [0.1, 0.15) is 5.52 Å². The second kappa shape index (κ2) is 5.84. The van der Waals surface area contributed by atoms with Crippen LogP contribution in [0.3, 0.4) is 0 Å². The second-order valence-electron chi connectivity index (χ2n) is 4.84. The Morgan fingerprint density at radius 3 is 2.95 bits per heavy atom. The van der Waals surface area contributed by atoms with Crippen LogP contribution in [0.25, 0.3) is 11.1 Å². The van der Waals surface area contributed by atoms with Crippen LogP contribution in [0.4, 0.5) is 0 Å². The van der Waals surface area contributed by atoms with Gasteiger partial charge in [-0.1, -0.05) is 6.07 Å². The SMILES string of the molecule is CN(C)C(CCCC(=O)O)c1ccc2ncoc2c1. The molecule has 0 spiro atoms. The molecule has 1 aromatic carbocycles. The lowest BCUT2D eigenvalue weighted by atomic mass is 9.99. The number of nitrogens with zero attached hydrogens (tertiary/aromatic N) is 2. The Morgan fingerprint density at radius 2 is 2.26 bits per heavy atom. The van der Waals surface area contributed by atoms with Crippen LogP contribution in [0, 0.1) is 0 Å². The topological polar surface area (TPSA) is 66.6 Å². The third-order valence-corrected chi connectivity index (χ3v) is 3.23. The Bertz CT molecular complexity index is 563. The van der Waals surface area contributed by atoms with Crippen LogP contribution < -0.4 is 0 Å². The van der Waals surface area contributed by atoms with Crippen LogP contribution >= 0.6 is 0 Å². The molecule has 1 aromatic heterocycles. The summed E-state index contributed by atoms with van der Waals surface area (Å²) in [6.45, 7) is 0. The van der Waals surface area contributed by atoms with Crippen LogP contribution in [0.1, 0.15) is 30.9 Å². The van der Waals surface area contributed by atoms with E-state index in [-0.39, 0.29) is 12.5 Å². The average Bonchev–Trinajstić information content (AvgIpc) is 2.80. The summed E-state index contributed by atoms with van der Waals surface area (Å²) in [4.78, 5) is 16.8. The maximum absolute atomic E-state index is 10.6. The number of carboxylic acids is 1. The Hall–Kier alpha value is -1.88. The van der Waals surface area contributed by atoms with Crippen molar-refractivity contribution < 1.29 is 14.3 Å². The van der Waals surface area contributed by atoms with Crippen molar-refractivity contribution in [2.24, 2.45) is 0 Å². The molecule has 0 saturated carbocycles. The summed E-state index contributed by atoms with van der Waals surface area (Å²) < 4.78 is 5.31. The highest BCUT2D eigenvalue weighted by Crippen LogP contribution is 2.27. The Labute approximate surface area is 111 Å². The van der Waals surface area contributed by atoms with E-state index in [1.807, 2.05) is 32.3 Å². The van der Waals surface area contributed by atoms with Gasteiger partial charge in [0.2, 0.25) is 0 Å². The quantitative estimate of drug-likeness (QED) is 0.867. The molecule has 0 aliphatic rings. The summed E-state index contributed by atoms with van der Waals surface area (Å²) in [6.07, 6.45) is 3.10. The van der Waals surface area contributed by atoms with Crippen molar-refractivity contribution in [2.45, 2.75) is 25.3 Å². The van der Waals surface area contributed by atoms with E-state index in [1.165, 1.54) is 6.39 Å². The molecule has 0 saturated heterocycles. The number of rotatable bonds is 6. The summed E-state index contributed by atoms with van der Waals surface area (Å²) in [5, 5.41) is 8.71. The third-order valence-electron chi connectivity index (χ3n) is 3.23. The monoisotopic (exact) mass is 262 g/mol. The number of oxazole rings is 1. The van der Waals surface area contributed by atoms with Gasteiger partial charge in [0.05, 0.1) is 0 Å². The summed E-state index contributed by atoms with van der Waals surface area (Å²) >= 11 is 0. The first kappa shape index (κ1) is 13.5. The molecule has 1 N–H and O–H groups in total. The molecule has 2 rings (SSSR count). The molecule has 5 heteroatoms. The molecule has 1 unspecified atom stereocenters. The highest BCUT2D eigenvalue weighted by molar-refractivity contribution is 5.72. The van der Waals surface area contributed by atoms with Crippen LogP contribution in [0.2, 0.25) is 0 Å². The first-order valence-electron chi connectivity index (χ1n) is 6.29. The van der Waals surface area contributed by atoms with E-state index in [9.17, 15) is 4.79 Å². The maximum Gasteiger partial charge on any atom is 0.303 e. The van der Waals surface area contributed by atoms with Gasteiger partial charge >= 0.3 is 5.97 Å². The van der Waals surface area contributed by atoms with Gasteiger partial charge < -0.3 is 14.4 Å². The Balaban J connectivity index is 2.15. The normalized spacial score (nSPS) is 13.0. The molecule has 5 nitrogen and oxygen atoms in total. The number of hydrogen-bond acceptors (Lipinski definition) is 4. The van der Waals surface area contributed by atoms with Gasteiger partial charge in [-0.15, -0.1) is 0 Å². The van der Waals surface area contributed by atoms with E-state index in [1.54, 1.807) is 0 Å². The molecule has 0 radical (unpaired) electrons. The van der Waals surface area contributed by atoms with Crippen molar-refractivity contribution in [1.82, 2.24) is 9.88 Å². The molecule has 102 valence electrons. The molecule has 1 heterocycles. The summed E-state index contributed by atoms with van der Waals surface area (Å²) in [6, 6.07) is 6.13. The van der Waals surface area contributed by atoms with Gasteiger partial charge in [-0.25, -0.2) is 4.98 Å². The summed E-state index contributed by atoms with van der Waals surface area (Å²) in [7, 11) is 3.99. The van der Waals surface area contributed by atoms with Gasteiger partial charge in [0.25, 0.3) is 0 Å². The molecular formula is C14H18N2O3. The molecule has 19 heavy (non-hydrogen) atoms. The van der Waals surface area contributed by atoms with E-state index < -0.39 is 5.97 Å². The fourth-order valence-electron chi connectivity index (χ4n) is 2.25. The molecule has 0 aliphatic carbocycles. The number of benzene rings is 1. The predicted molar refractivity (Wildman–Crippen MR) is 71.9 cm³/mol. The van der Waals surface area contributed by atoms with Gasteiger partial charge in [-0.05, 0) is 44.6 Å². The first-order chi connectivity index (χ1) is 9.08. The van der Waals surface area contributed by atoms with Gasteiger partial charge in [0.15, 0.2) is 12.0 Å². The van der Waals surface area contributed by atoms with E-state index in [4.69, 9.17) is 9.52 Å². The first-order valence-corrected chi connectivity index (χ1v) is 6.29. The van der Waals surface area contributed by atoms with Crippen molar-refractivity contribution in [3.63, 3.8) is 0 Å². The predicted octanol–water partition coefficient (Wildman–Crippen LogP) is 2.69. The second-order valence-corrected chi connectivity index (χ2v) is 4.84. The molecule has 0 amide bonds. The number of carboxylic acid groups (broad SMARTS) is 1. The smallest absolute Gasteiger partial charge is 0.303 e. The standard InChI is InChI=1S/C14H18N2O3/c1-16(2)12(4-3-5-14(17)18)10-6-7-11-13(8-10)19-9-15-11/h6-9,12H,3-5H2,1-2H3,(H,17,18). The summed E-state index contributed by atoms with van der Waals surface area (Å²) in [5.41, 5.74) is 2.73. The van der Waals surface area contributed by atoms with Crippen LogP contribution in [-0.4, -0.2) is 35.1 Å². The average molecular weight is 262 g/mol. The van der Waals surface area contributed by atoms with E-state index in [0.29, 0.717) is 6.42 Å². The molecule has 0 bridgehead atoms. The van der Waals surface area contributed by atoms with Crippen molar-refractivity contribution in [1.29, 1.82) is 0 Å². The minimum absolute atomic E-state index is 0.189. The molecule has 0 aliphatic heterocycles. The number of hydrogen-bond donors (Lipinski definition) is 1. The van der Waals surface area contributed by atoms with Gasteiger partial charge in [-0.2, -0.15) is 0 Å². The Kier molecular flexibility index (Phi) is 4.16. The van der Waals surface area contributed by atoms with Crippen molar-refractivity contribution in [2.75, 3.05) is 14.1 Å². The molecular weight excluding hydrogens is 244 g/mol. The van der Waals surface area contributed by atoms with Crippen LogP contribution in [-0.2, 0) is 4.79 Å². The minimum Gasteiger partial charge on any atom is -0.481 e. The van der Waals surface area contributed by atoms with Gasteiger partial charge in [-0.3, -0.25) is 4.79 Å². The lowest BCUT2D eigenvalue weighted by molar-refractivity contribution is -0.137. The number of aliphatic carboxylic acids is 1. The van der Waals surface area contributed by atoms with Crippen molar-refractivity contribution >= 4 is 17.1 Å². The third kappa shape index (κ3) is 3.32. The van der Waals surface area contributed by atoms with E-state index in [2.05, 4.69) is 9.88 Å². The highest BCUT2D eigenvalue weighted by Gasteiger charge is 2.15. The maximum atomic E-state index is 10.6. The Morgan fingerprint density at radius 1 is 1.47 bits per heavy atom. The molecule has 0 fully saturated rings. The zero-order chi connectivity index (χ0) is 13.8. The highest BCUT2D eigenvalue weighted by atomic mass is 16.4. The van der Waals surface area contributed by atoms with E-state index >= 15 is 0 Å². The van der Waals surface area contributed by atoms with Gasteiger partial charge in [0, 0.05) is 12.5 Å².